The number of amides is 1. The number of carbonyl (C=O) groups is 2. The molecule has 2 rings (SSSR count). The molecular formula is C15H16FN3O3. The smallest absolute Gasteiger partial charge is 0.305 e. The van der Waals surface area contributed by atoms with E-state index in [4.69, 9.17) is 5.11 Å². The molecule has 1 heterocycles. The minimum Gasteiger partial charge on any atom is -0.481 e. The Hall–Kier alpha value is -2.70. The zero-order valence-corrected chi connectivity index (χ0v) is 12.0. The first kappa shape index (κ1) is 15.7. The number of hydrogen-bond acceptors (Lipinski definition) is 3. The average Bonchev–Trinajstić information content (AvgIpc) is 2.94. The molecule has 116 valence electrons. The average molecular weight is 305 g/mol. The van der Waals surface area contributed by atoms with E-state index >= 15 is 0 Å². The lowest BCUT2D eigenvalue weighted by Gasteiger charge is -2.09. The summed E-state index contributed by atoms with van der Waals surface area (Å²) >= 11 is 0. The molecule has 0 bridgehead atoms. The molecule has 6 nitrogen and oxygen atoms in total. The molecule has 0 aliphatic heterocycles. The molecular weight excluding hydrogens is 289 g/mol. The lowest BCUT2D eigenvalue weighted by atomic mass is 10.1. The highest BCUT2D eigenvalue weighted by Gasteiger charge is 2.12. The quantitative estimate of drug-likeness (QED) is 0.852. The Morgan fingerprint density at radius 3 is 2.82 bits per heavy atom. The van der Waals surface area contributed by atoms with Crippen molar-refractivity contribution in [3.05, 3.63) is 47.5 Å². The van der Waals surface area contributed by atoms with Gasteiger partial charge < -0.3 is 10.4 Å². The molecule has 0 fully saturated rings. The Bertz CT molecular complexity index is 697. The van der Waals surface area contributed by atoms with Gasteiger partial charge in [0.15, 0.2) is 0 Å². The van der Waals surface area contributed by atoms with Gasteiger partial charge >= 0.3 is 5.97 Å². The van der Waals surface area contributed by atoms with Crippen LogP contribution in [0.1, 0.15) is 29.4 Å². The van der Waals surface area contributed by atoms with Gasteiger partial charge in [0.25, 0.3) is 5.91 Å². The molecule has 22 heavy (non-hydrogen) atoms. The number of benzene rings is 1. The summed E-state index contributed by atoms with van der Waals surface area (Å²) in [4.78, 5) is 22.4. The maximum absolute atomic E-state index is 13.8. The van der Waals surface area contributed by atoms with Crippen LogP contribution < -0.4 is 5.32 Å². The van der Waals surface area contributed by atoms with Crippen molar-refractivity contribution in [2.45, 2.75) is 19.8 Å². The summed E-state index contributed by atoms with van der Waals surface area (Å²) in [6.07, 6.45) is 2.14. The summed E-state index contributed by atoms with van der Waals surface area (Å²) < 4.78 is 15.3. The normalized spacial score (nSPS) is 10.5. The van der Waals surface area contributed by atoms with E-state index in [1.165, 1.54) is 12.1 Å². The Morgan fingerprint density at radius 1 is 1.36 bits per heavy atom. The molecule has 1 aromatic heterocycles. The number of carboxylic acids is 1. The Balaban J connectivity index is 2.23. The molecule has 0 spiro atoms. The molecule has 0 aliphatic rings. The number of halogens is 1. The van der Waals surface area contributed by atoms with Gasteiger partial charge in [-0.3, -0.25) is 9.59 Å². The van der Waals surface area contributed by atoms with E-state index in [2.05, 4.69) is 10.4 Å². The molecule has 0 atom stereocenters. The van der Waals surface area contributed by atoms with Gasteiger partial charge in [0.1, 0.15) is 5.82 Å². The molecule has 0 radical (unpaired) electrons. The van der Waals surface area contributed by atoms with Gasteiger partial charge in [-0.15, -0.1) is 0 Å². The van der Waals surface area contributed by atoms with Crippen LogP contribution in [0.2, 0.25) is 0 Å². The standard InChI is InChI=1S/C15H16FN3O3/c1-2-12-3-6-18-19(12)13-8-10(7-11(16)9-13)15(22)17-5-4-14(20)21/h3,6-9H,2,4-5H2,1H3,(H,17,22)(H,20,21). The summed E-state index contributed by atoms with van der Waals surface area (Å²) in [6, 6.07) is 5.73. The van der Waals surface area contributed by atoms with Gasteiger partial charge in [-0.2, -0.15) is 5.10 Å². The van der Waals surface area contributed by atoms with E-state index in [9.17, 15) is 14.0 Å². The SMILES string of the molecule is CCc1ccnn1-c1cc(F)cc(C(=O)NCCC(=O)O)c1. The number of aromatic nitrogens is 2. The predicted octanol–water partition coefficient (Wildman–Crippen LogP) is 1.78. The molecule has 0 aliphatic carbocycles. The molecule has 2 N–H and O–H groups in total. The molecule has 0 unspecified atom stereocenters. The van der Waals surface area contributed by atoms with E-state index in [1.807, 2.05) is 13.0 Å². The number of carboxylic acid groups (broad SMARTS) is 1. The number of hydrogen-bond donors (Lipinski definition) is 2. The molecule has 0 saturated heterocycles. The van der Waals surface area contributed by atoms with Crippen molar-refractivity contribution >= 4 is 11.9 Å². The van der Waals surface area contributed by atoms with E-state index in [0.29, 0.717) is 5.69 Å². The van der Waals surface area contributed by atoms with Crippen LogP contribution >= 0.6 is 0 Å². The van der Waals surface area contributed by atoms with Crippen molar-refractivity contribution in [2.24, 2.45) is 0 Å². The highest BCUT2D eigenvalue weighted by Crippen LogP contribution is 2.15. The van der Waals surface area contributed by atoms with Crippen LogP contribution in [-0.4, -0.2) is 33.3 Å². The minimum absolute atomic E-state index is 0.0119. The number of aliphatic carboxylic acids is 1. The summed E-state index contributed by atoms with van der Waals surface area (Å²) in [5, 5.41) is 15.1. The first-order valence-corrected chi connectivity index (χ1v) is 6.85. The van der Waals surface area contributed by atoms with E-state index in [0.717, 1.165) is 18.2 Å². The third-order valence-electron chi connectivity index (χ3n) is 3.10. The van der Waals surface area contributed by atoms with Crippen molar-refractivity contribution in [3.63, 3.8) is 0 Å². The number of nitrogens with zero attached hydrogens (tertiary/aromatic N) is 2. The first-order valence-electron chi connectivity index (χ1n) is 6.85. The fourth-order valence-corrected chi connectivity index (χ4v) is 2.04. The van der Waals surface area contributed by atoms with Crippen molar-refractivity contribution in [2.75, 3.05) is 6.54 Å². The zero-order chi connectivity index (χ0) is 16.1. The van der Waals surface area contributed by atoms with Crippen LogP contribution in [-0.2, 0) is 11.2 Å². The zero-order valence-electron chi connectivity index (χ0n) is 12.0. The van der Waals surface area contributed by atoms with Crippen LogP contribution in [0.4, 0.5) is 4.39 Å². The second kappa shape index (κ2) is 6.84. The van der Waals surface area contributed by atoms with Crippen LogP contribution in [0.15, 0.2) is 30.5 Å². The molecule has 1 amide bonds. The van der Waals surface area contributed by atoms with Gasteiger partial charge in [0.05, 0.1) is 12.1 Å². The topological polar surface area (TPSA) is 84.2 Å². The predicted molar refractivity (Wildman–Crippen MR) is 77.5 cm³/mol. The first-order chi connectivity index (χ1) is 10.5. The Morgan fingerprint density at radius 2 is 2.14 bits per heavy atom. The second-order valence-electron chi connectivity index (χ2n) is 4.69. The third kappa shape index (κ3) is 3.69. The largest absolute Gasteiger partial charge is 0.481 e. The lowest BCUT2D eigenvalue weighted by molar-refractivity contribution is -0.136. The minimum atomic E-state index is -1.01. The van der Waals surface area contributed by atoms with E-state index in [1.54, 1.807) is 10.9 Å². The van der Waals surface area contributed by atoms with Gasteiger partial charge in [-0.25, -0.2) is 9.07 Å². The summed E-state index contributed by atoms with van der Waals surface area (Å²) in [5.41, 5.74) is 1.46. The molecule has 1 aromatic carbocycles. The Kier molecular flexibility index (Phi) is 4.88. The molecule has 2 aromatic rings. The number of aryl methyl sites for hydroxylation is 1. The van der Waals surface area contributed by atoms with Crippen molar-refractivity contribution in [3.8, 4) is 5.69 Å². The van der Waals surface area contributed by atoms with Gasteiger partial charge in [-0.1, -0.05) is 6.92 Å². The molecule has 7 heteroatoms. The van der Waals surface area contributed by atoms with E-state index in [-0.39, 0.29) is 18.5 Å². The monoisotopic (exact) mass is 305 g/mol. The number of rotatable bonds is 6. The fourth-order valence-electron chi connectivity index (χ4n) is 2.04. The fraction of sp³-hybridized carbons (Fsp3) is 0.267. The number of nitrogens with one attached hydrogen (secondary N) is 1. The lowest BCUT2D eigenvalue weighted by Crippen LogP contribution is -2.26. The van der Waals surface area contributed by atoms with Crippen LogP contribution in [0, 0.1) is 5.82 Å². The van der Waals surface area contributed by atoms with Gasteiger partial charge in [-0.05, 0) is 30.7 Å². The third-order valence-corrected chi connectivity index (χ3v) is 3.10. The maximum atomic E-state index is 13.8. The van der Waals surface area contributed by atoms with Gasteiger partial charge in [0.2, 0.25) is 0 Å². The summed E-state index contributed by atoms with van der Waals surface area (Å²) in [6.45, 7) is 1.94. The van der Waals surface area contributed by atoms with Crippen molar-refractivity contribution in [1.82, 2.24) is 15.1 Å². The Labute approximate surface area is 126 Å². The van der Waals surface area contributed by atoms with Crippen LogP contribution in [0.25, 0.3) is 5.69 Å². The highest BCUT2D eigenvalue weighted by atomic mass is 19.1. The van der Waals surface area contributed by atoms with Crippen molar-refractivity contribution in [1.29, 1.82) is 0 Å². The number of carbonyl (C=O) groups excluding carboxylic acids is 1. The molecule has 0 saturated carbocycles. The van der Waals surface area contributed by atoms with E-state index < -0.39 is 17.7 Å². The summed E-state index contributed by atoms with van der Waals surface area (Å²) in [7, 11) is 0. The van der Waals surface area contributed by atoms with Gasteiger partial charge in [0, 0.05) is 24.0 Å². The second-order valence-corrected chi connectivity index (χ2v) is 4.69. The van der Waals surface area contributed by atoms with Crippen molar-refractivity contribution < 1.29 is 19.1 Å². The summed E-state index contributed by atoms with van der Waals surface area (Å²) in [5.74, 6) is -2.09. The maximum Gasteiger partial charge on any atom is 0.305 e. The van der Waals surface area contributed by atoms with Crippen LogP contribution in [0.5, 0.6) is 0 Å². The van der Waals surface area contributed by atoms with Crippen LogP contribution in [0.3, 0.4) is 0 Å². The highest BCUT2D eigenvalue weighted by molar-refractivity contribution is 5.94.